The van der Waals surface area contributed by atoms with E-state index in [2.05, 4.69) is 286 Å². The largest absolute Gasteiger partial charge is 0.310 e. The molecule has 0 saturated heterocycles. The first kappa shape index (κ1) is 38.3. The second kappa shape index (κ2) is 17.0. The Kier molecular flexibility index (Phi) is 10.2. The highest BCUT2D eigenvalue weighted by atomic mass is 15.2. The van der Waals surface area contributed by atoms with E-state index in [0.717, 1.165) is 67.9 Å². The summed E-state index contributed by atoms with van der Waals surface area (Å²) >= 11 is 0. The fourth-order valence-electron chi connectivity index (χ4n) is 9.01. The van der Waals surface area contributed by atoms with Gasteiger partial charge in [-0.15, -0.1) is 0 Å². The van der Waals surface area contributed by atoms with Crippen LogP contribution < -0.4 is 14.7 Å². The van der Waals surface area contributed by atoms with Crippen LogP contribution in [0.5, 0.6) is 0 Å². The van der Waals surface area contributed by atoms with Crippen LogP contribution in [0.4, 0.5) is 51.2 Å². The summed E-state index contributed by atoms with van der Waals surface area (Å²) in [6.45, 7) is 0. The number of anilines is 9. The van der Waals surface area contributed by atoms with Crippen LogP contribution >= 0.6 is 0 Å². The summed E-state index contributed by atoms with van der Waals surface area (Å²) in [4.78, 5) is 7.05. The minimum absolute atomic E-state index is 1.03. The lowest BCUT2D eigenvalue weighted by molar-refractivity contribution is 1.18. The van der Waals surface area contributed by atoms with Crippen LogP contribution in [0.1, 0.15) is 0 Å². The number of hydrogen-bond donors (Lipinski definition) is 0. The average Bonchev–Trinajstić information content (AvgIpc) is 3.69. The maximum absolute atomic E-state index is 2.41. The standard InChI is InChI=1S/C60H44N4/c1-7-21-45(22-8-1)46-37-40-59-58(41-46)57-39-38-56(44-60(57)64(59)51-31-17-6-18-32-51)63(54-35-19-33-52(42-54)61(47-23-9-2-10-24-47)48-25-11-3-12-26-48)55-36-20-34-53(43-55)62(49-27-13-4-14-28-49)50-29-15-5-16-30-50/h1-44H. The molecule has 1 heterocycles. The molecule has 0 N–H and O–H groups in total. The molecule has 0 bridgehead atoms. The van der Waals surface area contributed by atoms with Crippen LogP contribution in [0.2, 0.25) is 0 Å². The molecule has 0 radical (unpaired) electrons. The molecule has 64 heavy (non-hydrogen) atoms. The summed E-state index contributed by atoms with van der Waals surface area (Å²) < 4.78 is 2.41. The Hall–Kier alpha value is -8.60. The van der Waals surface area contributed by atoms with Crippen LogP contribution in [0, 0.1) is 0 Å². The molecule has 0 aliphatic rings. The zero-order valence-electron chi connectivity index (χ0n) is 35.2. The lowest BCUT2D eigenvalue weighted by Crippen LogP contribution is -2.14. The average molecular weight is 821 g/mol. The molecule has 4 heteroatoms. The molecular formula is C60H44N4. The van der Waals surface area contributed by atoms with Crippen molar-refractivity contribution < 1.29 is 0 Å². The molecule has 0 fully saturated rings. The topological polar surface area (TPSA) is 14.7 Å². The normalized spacial score (nSPS) is 11.1. The molecule has 11 rings (SSSR count). The zero-order valence-corrected chi connectivity index (χ0v) is 35.2. The van der Waals surface area contributed by atoms with Gasteiger partial charge in [-0.05, 0) is 132 Å². The molecule has 0 unspecified atom stereocenters. The van der Waals surface area contributed by atoms with Gasteiger partial charge in [0.1, 0.15) is 0 Å². The molecular weight excluding hydrogens is 777 g/mol. The highest BCUT2D eigenvalue weighted by Gasteiger charge is 2.22. The van der Waals surface area contributed by atoms with Crippen molar-refractivity contribution in [2.45, 2.75) is 0 Å². The van der Waals surface area contributed by atoms with Crippen molar-refractivity contribution in [3.63, 3.8) is 0 Å². The van der Waals surface area contributed by atoms with Gasteiger partial charge in [0.15, 0.2) is 0 Å². The molecule has 0 spiro atoms. The molecule has 10 aromatic carbocycles. The SMILES string of the molecule is c1ccc(-c2ccc3c(c2)c2ccc(N(c4cccc(N(c5ccccc5)c5ccccc5)c4)c4cccc(N(c5ccccc5)c5ccccc5)c4)cc2n3-c2ccccc2)cc1. The Morgan fingerprint density at radius 3 is 1.05 bits per heavy atom. The summed E-state index contributed by atoms with van der Waals surface area (Å²) in [6.07, 6.45) is 0. The van der Waals surface area contributed by atoms with E-state index in [9.17, 15) is 0 Å². The summed E-state index contributed by atoms with van der Waals surface area (Å²) in [5.74, 6) is 0. The molecule has 4 nitrogen and oxygen atoms in total. The maximum atomic E-state index is 2.41. The van der Waals surface area contributed by atoms with Crippen molar-refractivity contribution in [1.29, 1.82) is 0 Å². The monoisotopic (exact) mass is 820 g/mol. The molecule has 0 saturated carbocycles. The summed E-state index contributed by atoms with van der Waals surface area (Å²) in [5.41, 5.74) is 15.4. The van der Waals surface area contributed by atoms with Crippen molar-refractivity contribution in [1.82, 2.24) is 4.57 Å². The minimum Gasteiger partial charge on any atom is -0.310 e. The summed E-state index contributed by atoms with van der Waals surface area (Å²) in [5, 5.41) is 2.41. The fraction of sp³-hybridized carbons (Fsp3) is 0. The lowest BCUT2D eigenvalue weighted by Gasteiger charge is -2.31. The van der Waals surface area contributed by atoms with Crippen molar-refractivity contribution >= 4 is 73.0 Å². The van der Waals surface area contributed by atoms with Crippen LogP contribution in [0.3, 0.4) is 0 Å². The van der Waals surface area contributed by atoms with Gasteiger partial charge in [0.05, 0.1) is 11.0 Å². The van der Waals surface area contributed by atoms with Crippen molar-refractivity contribution in [3.05, 3.63) is 267 Å². The quantitative estimate of drug-likeness (QED) is 0.129. The lowest BCUT2D eigenvalue weighted by atomic mass is 10.0. The third-order valence-corrected chi connectivity index (χ3v) is 11.9. The molecule has 0 aliphatic carbocycles. The number of nitrogens with zero attached hydrogens (tertiary/aromatic N) is 4. The van der Waals surface area contributed by atoms with Gasteiger partial charge in [-0.2, -0.15) is 0 Å². The molecule has 11 aromatic rings. The Balaban J connectivity index is 1.14. The van der Waals surface area contributed by atoms with Crippen molar-refractivity contribution in [2.75, 3.05) is 14.7 Å². The van der Waals surface area contributed by atoms with Crippen LogP contribution in [-0.4, -0.2) is 4.57 Å². The molecule has 0 amide bonds. The Morgan fingerprint density at radius 1 is 0.219 bits per heavy atom. The Labute approximate surface area is 374 Å². The molecule has 0 aliphatic heterocycles. The third kappa shape index (κ3) is 7.33. The highest BCUT2D eigenvalue weighted by molar-refractivity contribution is 6.11. The second-order valence-electron chi connectivity index (χ2n) is 15.9. The predicted octanol–water partition coefficient (Wildman–Crippen LogP) is 16.9. The predicted molar refractivity (Wildman–Crippen MR) is 270 cm³/mol. The fourth-order valence-corrected chi connectivity index (χ4v) is 9.01. The van der Waals surface area contributed by atoms with E-state index in [1.54, 1.807) is 0 Å². The second-order valence-corrected chi connectivity index (χ2v) is 15.9. The van der Waals surface area contributed by atoms with Crippen LogP contribution in [-0.2, 0) is 0 Å². The maximum Gasteiger partial charge on any atom is 0.0561 e. The van der Waals surface area contributed by atoms with Crippen LogP contribution in [0.15, 0.2) is 267 Å². The summed E-state index contributed by atoms with van der Waals surface area (Å²) in [7, 11) is 0. The van der Waals surface area contributed by atoms with Crippen LogP contribution in [0.25, 0.3) is 38.6 Å². The molecule has 0 atom stereocenters. The highest BCUT2D eigenvalue weighted by Crippen LogP contribution is 2.45. The first-order chi connectivity index (χ1) is 31.8. The van der Waals surface area contributed by atoms with E-state index in [-0.39, 0.29) is 0 Å². The van der Waals surface area contributed by atoms with E-state index >= 15 is 0 Å². The van der Waals surface area contributed by atoms with Gasteiger partial charge in [-0.1, -0.05) is 146 Å². The Bertz CT molecular complexity index is 3110. The van der Waals surface area contributed by atoms with E-state index in [1.165, 1.54) is 21.9 Å². The summed E-state index contributed by atoms with van der Waals surface area (Å²) in [6, 6.07) is 95.4. The Morgan fingerprint density at radius 2 is 0.594 bits per heavy atom. The smallest absolute Gasteiger partial charge is 0.0561 e. The zero-order chi connectivity index (χ0) is 42.7. The number of hydrogen-bond acceptors (Lipinski definition) is 3. The van der Waals surface area contributed by atoms with Crippen molar-refractivity contribution in [2.24, 2.45) is 0 Å². The van der Waals surface area contributed by atoms with Gasteiger partial charge < -0.3 is 19.3 Å². The number of rotatable bonds is 11. The van der Waals surface area contributed by atoms with Gasteiger partial charge in [-0.3, -0.25) is 0 Å². The van der Waals surface area contributed by atoms with E-state index in [4.69, 9.17) is 0 Å². The number of fused-ring (bicyclic) bond motifs is 3. The minimum atomic E-state index is 1.03. The number of para-hydroxylation sites is 5. The molecule has 1 aromatic heterocycles. The first-order valence-corrected chi connectivity index (χ1v) is 21.8. The van der Waals surface area contributed by atoms with Gasteiger partial charge in [0.2, 0.25) is 0 Å². The first-order valence-electron chi connectivity index (χ1n) is 21.8. The number of benzene rings is 10. The van der Waals surface area contributed by atoms with Gasteiger partial charge >= 0.3 is 0 Å². The van der Waals surface area contributed by atoms with Gasteiger partial charge in [0.25, 0.3) is 0 Å². The van der Waals surface area contributed by atoms with E-state index in [1.807, 2.05) is 0 Å². The molecule has 304 valence electrons. The van der Waals surface area contributed by atoms with Crippen molar-refractivity contribution in [3.8, 4) is 16.8 Å². The van der Waals surface area contributed by atoms with Gasteiger partial charge in [-0.25, -0.2) is 0 Å². The van der Waals surface area contributed by atoms with E-state index in [0.29, 0.717) is 0 Å². The van der Waals surface area contributed by atoms with Gasteiger partial charge in [0, 0.05) is 67.6 Å². The third-order valence-electron chi connectivity index (χ3n) is 11.9. The number of aromatic nitrogens is 1. The van der Waals surface area contributed by atoms with E-state index < -0.39 is 0 Å².